The Morgan fingerprint density at radius 1 is 1.47 bits per heavy atom. The maximum Gasteiger partial charge on any atom is 0.157 e. The van der Waals surface area contributed by atoms with Crippen LogP contribution < -0.4 is 4.74 Å². The highest BCUT2D eigenvalue weighted by molar-refractivity contribution is 5.84. The lowest BCUT2D eigenvalue weighted by atomic mass is 10.2. The number of nitrogens with zero attached hydrogens (tertiary/aromatic N) is 1. The number of carbonyl (C=O) groups excluding carboxylic acids is 1. The molecule has 0 aliphatic rings. The number of fused-ring (bicyclic) bond motifs is 1. The molecule has 2 rings (SSSR count). The van der Waals surface area contributed by atoms with E-state index in [0.29, 0.717) is 17.2 Å². The Hall–Kier alpha value is -1.97. The molecule has 0 saturated heterocycles. The molecule has 0 spiro atoms. The summed E-state index contributed by atoms with van der Waals surface area (Å²) in [5, 5.41) is 0.651. The molecule has 1 aromatic heterocycles. The number of aldehydes is 1. The highest BCUT2D eigenvalue weighted by Gasteiger charge is 2.05. The summed E-state index contributed by atoms with van der Waals surface area (Å²) in [6.07, 6.45) is 2.20. The molecule has 4 heteroatoms. The van der Waals surface area contributed by atoms with E-state index in [4.69, 9.17) is 4.74 Å². The van der Waals surface area contributed by atoms with E-state index in [0.717, 1.165) is 0 Å². The lowest BCUT2D eigenvalue weighted by molar-refractivity contribution is -0.109. The summed E-state index contributed by atoms with van der Waals surface area (Å²) in [5.41, 5.74) is 0.556. The maximum absolute atomic E-state index is 13.1. The van der Waals surface area contributed by atoms with E-state index in [1.54, 1.807) is 18.3 Å². The molecule has 1 heterocycles. The van der Waals surface area contributed by atoms with Crippen molar-refractivity contribution in [2.45, 2.75) is 0 Å². The SMILES string of the molecule is O=CCOc1cc(F)cc2cccnc12. The zero-order valence-electron chi connectivity index (χ0n) is 7.81. The van der Waals surface area contributed by atoms with E-state index in [1.807, 2.05) is 0 Å². The number of rotatable bonds is 3. The summed E-state index contributed by atoms with van der Waals surface area (Å²) in [6.45, 7) is -0.102. The third kappa shape index (κ3) is 1.93. The quantitative estimate of drug-likeness (QED) is 0.719. The fraction of sp³-hybridized carbons (Fsp3) is 0.0909. The van der Waals surface area contributed by atoms with Crippen molar-refractivity contribution in [3.63, 3.8) is 0 Å². The largest absolute Gasteiger partial charge is 0.484 e. The summed E-state index contributed by atoms with van der Waals surface area (Å²) < 4.78 is 18.2. The standard InChI is InChI=1S/C11H8FNO2/c12-9-6-8-2-1-3-13-11(8)10(7-9)15-5-4-14/h1-4,6-7H,5H2. The van der Waals surface area contributed by atoms with E-state index in [9.17, 15) is 9.18 Å². The van der Waals surface area contributed by atoms with E-state index in [-0.39, 0.29) is 12.4 Å². The molecule has 0 N–H and O–H groups in total. The minimum Gasteiger partial charge on any atom is -0.484 e. The van der Waals surface area contributed by atoms with Crippen molar-refractivity contribution in [2.75, 3.05) is 6.61 Å². The Morgan fingerprint density at radius 2 is 2.33 bits per heavy atom. The van der Waals surface area contributed by atoms with Gasteiger partial charge in [0.2, 0.25) is 0 Å². The highest BCUT2D eigenvalue weighted by atomic mass is 19.1. The second-order valence-corrected chi connectivity index (χ2v) is 2.96. The zero-order valence-corrected chi connectivity index (χ0v) is 7.81. The Balaban J connectivity index is 2.55. The Morgan fingerprint density at radius 3 is 3.13 bits per heavy atom. The molecule has 0 radical (unpaired) electrons. The van der Waals surface area contributed by atoms with Crippen LogP contribution in [-0.4, -0.2) is 17.9 Å². The fourth-order valence-electron chi connectivity index (χ4n) is 1.36. The predicted molar refractivity (Wildman–Crippen MR) is 53.3 cm³/mol. The third-order valence-corrected chi connectivity index (χ3v) is 1.94. The van der Waals surface area contributed by atoms with Crippen LogP contribution in [0.4, 0.5) is 4.39 Å². The number of ether oxygens (including phenoxy) is 1. The second-order valence-electron chi connectivity index (χ2n) is 2.96. The first kappa shape index (κ1) is 9.58. The van der Waals surface area contributed by atoms with E-state index in [2.05, 4.69) is 4.98 Å². The number of carbonyl (C=O) groups is 1. The topological polar surface area (TPSA) is 39.2 Å². The molecule has 0 saturated carbocycles. The van der Waals surface area contributed by atoms with Crippen molar-refractivity contribution < 1.29 is 13.9 Å². The molecule has 0 aliphatic carbocycles. The summed E-state index contributed by atoms with van der Waals surface area (Å²) in [7, 11) is 0. The molecule has 0 fully saturated rings. The molecule has 0 aliphatic heterocycles. The van der Waals surface area contributed by atoms with Crippen LogP contribution in [-0.2, 0) is 4.79 Å². The molecule has 3 nitrogen and oxygen atoms in total. The van der Waals surface area contributed by atoms with Gasteiger partial charge in [-0.3, -0.25) is 9.78 Å². The van der Waals surface area contributed by atoms with Crippen molar-refractivity contribution in [1.82, 2.24) is 4.98 Å². The Kier molecular flexibility index (Phi) is 2.58. The average molecular weight is 205 g/mol. The molecule has 0 unspecified atom stereocenters. The van der Waals surface area contributed by atoms with Gasteiger partial charge in [-0.1, -0.05) is 6.07 Å². The minimum absolute atomic E-state index is 0.102. The van der Waals surface area contributed by atoms with Crippen molar-refractivity contribution >= 4 is 17.2 Å². The summed E-state index contributed by atoms with van der Waals surface area (Å²) >= 11 is 0. The highest BCUT2D eigenvalue weighted by Crippen LogP contribution is 2.24. The molecule has 76 valence electrons. The minimum atomic E-state index is -0.406. The van der Waals surface area contributed by atoms with Crippen LogP contribution >= 0.6 is 0 Å². The maximum atomic E-state index is 13.1. The molecule has 1 aromatic carbocycles. The predicted octanol–water partition coefficient (Wildman–Crippen LogP) is 1.95. The van der Waals surface area contributed by atoms with E-state index in [1.165, 1.54) is 12.1 Å². The monoisotopic (exact) mass is 205 g/mol. The van der Waals surface area contributed by atoms with E-state index >= 15 is 0 Å². The van der Waals surface area contributed by atoms with Crippen molar-refractivity contribution in [1.29, 1.82) is 0 Å². The van der Waals surface area contributed by atoms with Gasteiger partial charge in [-0.2, -0.15) is 0 Å². The number of aromatic nitrogens is 1. The number of hydrogen-bond acceptors (Lipinski definition) is 3. The molecule has 0 atom stereocenters. The van der Waals surface area contributed by atoms with Gasteiger partial charge in [0.1, 0.15) is 23.7 Å². The van der Waals surface area contributed by atoms with Crippen molar-refractivity contribution in [2.24, 2.45) is 0 Å². The Bertz CT molecular complexity index is 499. The van der Waals surface area contributed by atoms with Crippen LogP contribution in [0.3, 0.4) is 0 Å². The van der Waals surface area contributed by atoms with Crippen LogP contribution in [0.25, 0.3) is 10.9 Å². The van der Waals surface area contributed by atoms with Crippen LogP contribution in [0.5, 0.6) is 5.75 Å². The van der Waals surface area contributed by atoms with Gasteiger partial charge in [-0.15, -0.1) is 0 Å². The van der Waals surface area contributed by atoms with Gasteiger partial charge in [-0.05, 0) is 12.1 Å². The smallest absolute Gasteiger partial charge is 0.157 e. The average Bonchev–Trinajstić information content (AvgIpc) is 2.25. The third-order valence-electron chi connectivity index (χ3n) is 1.94. The van der Waals surface area contributed by atoms with Gasteiger partial charge in [-0.25, -0.2) is 4.39 Å². The molecular weight excluding hydrogens is 197 g/mol. The van der Waals surface area contributed by atoms with Gasteiger partial charge >= 0.3 is 0 Å². The number of hydrogen-bond donors (Lipinski definition) is 0. The van der Waals surface area contributed by atoms with Gasteiger partial charge in [0.05, 0.1) is 0 Å². The van der Waals surface area contributed by atoms with Crippen LogP contribution in [0, 0.1) is 5.82 Å². The van der Waals surface area contributed by atoms with Gasteiger partial charge in [0, 0.05) is 17.6 Å². The summed E-state index contributed by atoms with van der Waals surface area (Å²) in [5.74, 6) is -0.117. The summed E-state index contributed by atoms with van der Waals surface area (Å²) in [4.78, 5) is 14.2. The second kappa shape index (κ2) is 4.04. The molecule has 0 bridgehead atoms. The molecule has 0 amide bonds. The van der Waals surface area contributed by atoms with Crippen molar-refractivity contribution in [3.05, 3.63) is 36.3 Å². The number of halogens is 1. The van der Waals surface area contributed by atoms with E-state index < -0.39 is 5.82 Å². The van der Waals surface area contributed by atoms with Gasteiger partial charge in [0.15, 0.2) is 6.29 Å². The van der Waals surface area contributed by atoms with Crippen molar-refractivity contribution in [3.8, 4) is 5.75 Å². The molecular formula is C11H8FNO2. The molecule has 2 aromatic rings. The van der Waals surface area contributed by atoms with Gasteiger partial charge < -0.3 is 4.74 Å². The molecule has 15 heavy (non-hydrogen) atoms. The van der Waals surface area contributed by atoms with Crippen LogP contribution in [0.2, 0.25) is 0 Å². The first-order valence-corrected chi connectivity index (χ1v) is 4.42. The zero-order chi connectivity index (χ0) is 10.7. The lowest BCUT2D eigenvalue weighted by Crippen LogP contribution is -1.99. The van der Waals surface area contributed by atoms with Gasteiger partial charge in [0.25, 0.3) is 0 Å². The lowest BCUT2D eigenvalue weighted by Gasteiger charge is -2.05. The first-order valence-electron chi connectivity index (χ1n) is 4.42. The van der Waals surface area contributed by atoms with Crippen LogP contribution in [0.15, 0.2) is 30.5 Å². The number of pyridine rings is 1. The summed E-state index contributed by atoms with van der Waals surface area (Å²) in [6, 6.07) is 6.04. The fourth-order valence-corrected chi connectivity index (χ4v) is 1.36. The normalized spacial score (nSPS) is 10.2. The Labute approximate surface area is 85.5 Å². The first-order chi connectivity index (χ1) is 7.31. The van der Waals surface area contributed by atoms with Crippen LogP contribution in [0.1, 0.15) is 0 Å². The number of benzene rings is 1.